The molecule has 3 N–H and O–H groups in total. The number of piperidine rings is 1. The van der Waals surface area contributed by atoms with Gasteiger partial charge in [0.25, 0.3) is 0 Å². The summed E-state index contributed by atoms with van der Waals surface area (Å²) in [5.74, 6) is 0.783. The van der Waals surface area contributed by atoms with Crippen LogP contribution >= 0.6 is 0 Å². The Hall–Kier alpha value is -1.75. The molecule has 1 saturated heterocycles. The Bertz CT molecular complexity index is 456. The molecule has 0 atom stereocenters. The van der Waals surface area contributed by atoms with Crippen LogP contribution < -0.4 is 15.8 Å². The highest BCUT2D eigenvalue weighted by Crippen LogP contribution is 2.23. The predicted molar refractivity (Wildman–Crippen MR) is 79.9 cm³/mol. The highest BCUT2D eigenvalue weighted by atomic mass is 16.5. The molecule has 2 rings (SSSR count). The van der Waals surface area contributed by atoms with Crippen molar-refractivity contribution >= 4 is 11.7 Å². The van der Waals surface area contributed by atoms with Gasteiger partial charge in [-0.1, -0.05) is 0 Å². The summed E-state index contributed by atoms with van der Waals surface area (Å²) in [5.41, 5.74) is 7.39. The van der Waals surface area contributed by atoms with Crippen molar-refractivity contribution in [2.45, 2.75) is 32.7 Å². The molecule has 5 heteroatoms. The number of rotatable bonds is 4. The van der Waals surface area contributed by atoms with E-state index in [0.29, 0.717) is 13.2 Å². The molecule has 0 bridgehead atoms. The van der Waals surface area contributed by atoms with Gasteiger partial charge in [0.2, 0.25) is 0 Å². The zero-order valence-electron chi connectivity index (χ0n) is 12.0. The van der Waals surface area contributed by atoms with Gasteiger partial charge in [0, 0.05) is 30.9 Å². The van der Waals surface area contributed by atoms with Crippen molar-refractivity contribution in [1.82, 2.24) is 4.90 Å². The first-order chi connectivity index (χ1) is 9.74. The molecular formula is C15H23N3O2. The maximum atomic E-state index is 12.1. The van der Waals surface area contributed by atoms with Crippen molar-refractivity contribution in [3.63, 3.8) is 0 Å². The minimum atomic E-state index is -0.0307. The number of likely N-dealkylation sites (tertiary alicyclic amines) is 1. The van der Waals surface area contributed by atoms with Crippen LogP contribution in [-0.2, 0) is 6.54 Å². The quantitative estimate of drug-likeness (QED) is 0.888. The van der Waals surface area contributed by atoms with Crippen LogP contribution in [0.2, 0.25) is 0 Å². The highest BCUT2D eigenvalue weighted by Gasteiger charge is 2.16. The largest absolute Gasteiger partial charge is 0.494 e. The van der Waals surface area contributed by atoms with Gasteiger partial charge in [0.05, 0.1) is 6.61 Å². The summed E-state index contributed by atoms with van der Waals surface area (Å²) >= 11 is 0. The fourth-order valence-electron chi connectivity index (χ4n) is 2.41. The molecule has 0 radical (unpaired) electrons. The van der Waals surface area contributed by atoms with E-state index in [2.05, 4.69) is 5.32 Å². The smallest absolute Gasteiger partial charge is 0.321 e. The van der Waals surface area contributed by atoms with Crippen molar-refractivity contribution in [1.29, 1.82) is 0 Å². The molecule has 20 heavy (non-hydrogen) atoms. The Balaban J connectivity index is 2.03. The van der Waals surface area contributed by atoms with E-state index >= 15 is 0 Å². The van der Waals surface area contributed by atoms with Gasteiger partial charge in [-0.25, -0.2) is 4.79 Å². The van der Waals surface area contributed by atoms with E-state index < -0.39 is 0 Å². The van der Waals surface area contributed by atoms with Gasteiger partial charge in [0.1, 0.15) is 5.75 Å². The van der Waals surface area contributed by atoms with E-state index in [4.69, 9.17) is 10.5 Å². The molecule has 1 aromatic carbocycles. The number of benzene rings is 1. The minimum Gasteiger partial charge on any atom is -0.494 e. The Morgan fingerprint density at radius 1 is 1.35 bits per heavy atom. The third kappa shape index (κ3) is 3.63. The fourth-order valence-corrected chi connectivity index (χ4v) is 2.41. The van der Waals surface area contributed by atoms with Crippen molar-refractivity contribution in [2.75, 3.05) is 25.0 Å². The summed E-state index contributed by atoms with van der Waals surface area (Å²) in [6.07, 6.45) is 3.39. The third-order valence-corrected chi connectivity index (χ3v) is 3.47. The maximum Gasteiger partial charge on any atom is 0.321 e. The summed E-state index contributed by atoms with van der Waals surface area (Å²) in [5, 5.41) is 2.93. The van der Waals surface area contributed by atoms with E-state index in [1.807, 2.05) is 30.0 Å². The first kappa shape index (κ1) is 14.7. The molecular weight excluding hydrogens is 254 g/mol. The van der Waals surface area contributed by atoms with Crippen LogP contribution in [0.4, 0.5) is 10.5 Å². The molecule has 0 spiro atoms. The summed E-state index contributed by atoms with van der Waals surface area (Å²) < 4.78 is 5.50. The average Bonchev–Trinajstić information content (AvgIpc) is 2.50. The van der Waals surface area contributed by atoms with Crippen molar-refractivity contribution in [3.8, 4) is 5.75 Å². The van der Waals surface area contributed by atoms with E-state index in [1.165, 1.54) is 6.42 Å². The summed E-state index contributed by atoms with van der Waals surface area (Å²) in [7, 11) is 0. The number of carbonyl (C=O) groups is 1. The molecule has 0 unspecified atom stereocenters. The zero-order valence-corrected chi connectivity index (χ0v) is 12.0. The van der Waals surface area contributed by atoms with Crippen LogP contribution in [0.25, 0.3) is 0 Å². The summed E-state index contributed by atoms with van der Waals surface area (Å²) in [6, 6.07) is 5.56. The number of nitrogens with zero attached hydrogens (tertiary/aromatic N) is 1. The van der Waals surface area contributed by atoms with Gasteiger partial charge in [-0.05, 0) is 44.4 Å². The van der Waals surface area contributed by atoms with E-state index in [9.17, 15) is 4.79 Å². The van der Waals surface area contributed by atoms with Gasteiger partial charge in [-0.3, -0.25) is 0 Å². The minimum absolute atomic E-state index is 0.0307. The number of hydrogen-bond acceptors (Lipinski definition) is 3. The number of carbonyl (C=O) groups excluding carboxylic acids is 1. The predicted octanol–water partition coefficient (Wildman–Crippen LogP) is 2.56. The van der Waals surface area contributed by atoms with Crippen LogP contribution in [0, 0.1) is 0 Å². The Morgan fingerprint density at radius 2 is 2.10 bits per heavy atom. The Labute approximate surface area is 120 Å². The van der Waals surface area contributed by atoms with Gasteiger partial charge < -0.3 is 20.7 Å². The number of ether oxygens (including phenoxy) is 1. The van der Waals surface area contributed by atoms with Crippen molar-refractivity contribution < 1.29 is 9.53 Å². The van der Waals surface area contributed by atoms with Crippen LogP contribution in [0.5, 0.6) is 5.75 Å². The normalized spacial score (nSPS) is 15.0. The van der Waals surface area contributed by atoms with Gasteiger partial charge >= 0.3 is 6.03 Å². The van der Waals surface area contributed by atoms with Crippen LogP contribution in [0.1, 0.15) is 31.7 Å². The standard InChI is InChI=1S/C15H23N3O2/c1-2-20-14-7-6-13(10-12(14)11-16)17-15(19)18-8-4-3-5-9-18/h6-7,10H,2-5,8-9,11,16H2,1H3,(H,17,19). The van der Waals surface area contributed by atoms with E-state index in [-0.39, 0.29) is 6.03 Å². The van der Waals surface area contributed by atoms with Crippen LogP contribution in [-0.4, -0.2) is 30.6 Å². The average molecular weight is 277 g/mol. The zero-order chi connectivity index (χ0) is 14.4. The summed E-state index contributed by atoms with van der Waals surface area (Å²) in [6.45, 7) is 4.61. The van der Waals surface area contributed by atoms with Crippen LogP contribution in [0.15, 0.2) is 18.2 Å². The molecule has 1 aliphatic rings. The SMILES string of the molecule is CCOc1ccc(NC(=O)N2CCCCC2)cc1CN. The fraction of sp³-hybridized carbons (Fsp3) is 0.533. The Morgan fingerprint density at radius 3 is 2.75 bits per heavy atom. The molecule has 0 aromatic heterocycles. The molecule has 5 nitrogen and oxygen atoms in total. The van der Waals surface area contributed by atoms with Crippen molar-refractivity contribution in [2.24, 2.45) is 5.73 Å². The molecule has 1 fully saturated rings. The number of urea groups is 1. The van der Waals surface area contributed by atoms with Gasteiger partial charge in [-0.15, -0.1) is 0 Å². The number of hydrogen-bond donors (Lipinski definition) is 2. The lowest BCUT2D eigenvalue weighted by atomic mass is 10.1. The molecule has 0 aliphatic carbocycles. The summed E-state index contributed by atoms with van der Waals surface area (Å²) in [4.78, 5) is 14.0. The molecule has 1 aromatic rings. The first-order valence-corrected chi connectivity index (χ1v) is 7.26. The van der Waals surface area contributed by atoms with Crippen molar-refractivity contribution in [3.05, 3.63) is 23.8 Å². The third-order valence-electron chi connectivity index (χ3n) is 3.47. The number of nitrogens with two attached hydrogens (primary N) is 1. The topological polar surface area (TPSA) is 67.6 Å². The monoisotopic (exact) mass is 277 g/mol. The molecule has 1 heterocycles. The Kier molecular flexibility index (Phi) is 5.24. The second-order valence-corrected chi connectivity index (χ2v) is 4.94. The van der Waals surface area contributed by atoms with Crippen LogP contribution in [0.3, 0.4) is 0 Å². The van der Waals surface area contributed by atoms with E-state index in [1.54, 1.807) is 0 Å². The molecule has 0 saturated carbocycles. The van der Waals surface area contributed by atoms with E-state index in [0.717, 1.165) is 42.9 Å². The molecule has 110 valence electrons. The number of amides is 2. The van der Waals surface area contributed by atoms with Gasteiger partial charge in [-0.2, -0.15) is 0 Å². The second-order valence-electron chi connectivity index (χ2n) is 4.94. The maximum absolute atomic E-state index is 12.1. The second kappa shape index (κ2) is 7.14. The van der Waals surface area contributed by atoms with Gasteiger partial charge in [0.15, 0.2) is 0 Å². The molecule has 1 aliphatic heterocycles. The lowest BCUT2D eigenvalue weighted by molar-refractivity contribution is 0.200. The molecule has 2 amide bonds. The highest BCUT2D eigenvalue weighted by molar-refractivity contribution is 5.89. The number of nitrogens with one attached hydrogen (secondary N) is 1. The lowest BCUT2D eigenvalue weighted by Crippen LogP contribution is -2.38. The first-order valence-electron chi connectivity index (χ1n) is 7.26. The number of anilines is 1. The lowest BCUT2D eigenvalue weighted by Gasteiger charge is -2.27.